The summed E-state index contributed by atoms with van der Waals surface area (Å²) in [5, 5.41) is 9.51. The highest BCUT2D eigenvalue weighted by molar-refractivity contribution is 5.95. The highest BCUT2D eigenvalue weighted by Gasteiger charge is 2.33. The van der Waals surface area contributed by atoms with Gasteiger partial charge in [-0.05, 0) is 29.3 Å². The number of fused-ring (bicyclic) bond motifs is 1. The Labute approximate surface area is 153 Å². The van der Waals surface area contributed by atoms with Crippen LogP contribution in [0.3, 0.4) is 0 Å². The number of halogens is 2. The molecule has 0 aliphatic carbocycles. The number of carboxylic acid groups (broad SMARTS) is 1. The van der Waals surface area contributed by atoms with Crippen LogP contribution < -0.4 is 9.47 Å². The Morgan fingerprint density at radius 3 is 2.59 bits per heavy atom. The van der Waals surface area contributed by atoms with Gasteiger partial charge in [0.05, 0.1) is 13.0 Å². The van der Waals surface area contributed by atoms with Gasteiger partial charge in [-0.15, -0.1) is 0 Å². The SMILES string of the molecule is COc1ccc(C(=O)N2Cc3ccccc3C(C(=O)O)C2)cc1OC(F)F. The monoisotopic (exact) mass is 377 g/mol. The number of methoxy groups -OCH3 is 1. The van der Waals surface area contributed by atoms with Gasteiger partial charge in [0.25, 0.3) is 5.91 Å². The third-order valence-electron chi connectivity index (χ3n) is 4.41. The lowest BCUT2D eigenvalue weighted by atomic mass is 9.89. The number of alkyl halides is 2. The normalized spacial score (nSPS) is 16.0. The van der Waals surface area contributed by atoms with Gasteiger partial charge in [-0.25, -0.2) is 0 Å². The number of hydrogen-bond donors (Lipinski definition) is 1. The van der Waals surface area contributed by atoms with Gasteiger partial charge in [-0.2, -0.15) is 8.78 Å². The first-order chi connectivity index (χ1) is 12.9. The molecule has 1 N–H and O–H groups in total. The summed E-state index contributed by atoms with van der Waals surface area (Å²) in [6.45, 7) is -2.85. The van der Waals surface area contributed by atoms with Crippen molar-refractivity contribution in [3.8, 4) is 11.5 Å². The van der Waals surface area contributed by atoms with E-state index in [2.05, 4.69) is 4.74 Å². The zero-order valence-electron chi connectivity index (χ0n) is 14.4. The minimum Gasteiger partial charge on any atom is -0.493 e. The van der Waals surface area contributed by atoms with Crippen molar-refractivity contribution in [2.24, 2.45) is 0 Å². The first-order valence-electron chi connectivity index (χ1n) is 8.13. The summed E-state index contributed by atoms with van der Waals surface area (Å²) < 4.78 is 34.6. The predicted octanol–water partition coefficient (Wildman–Crippen LogP) is 3.12. The molecule has 0 saturated heterocycles. The Bertz CT molecular complexity index is 871. The summed E-state index contributed by atoms with van der Waals surface area (Å²) in [6.07, 6.45) is 0. The molecule has 1 heterocycles. The van der Waals surface area contributed by atoms with Crippen LogP contribution in [0.5, 0.6) is 11.5 Å². The lowest BCUT2D eigenvalue weighted by molar-refractivity contribution is -0.139. The number of nitrogens with zero attached hydrogens (tertiary/aromatic N) is 1. The Hall–Kier alpha value is -3.16. The van der Waals surface area contributed by atoms with Crippen LogP contribution in [0.1, 0.15) is 27.4 Å². The maximum atomic E-state index is 12.9. The van der Waals surface area contributed by atoms with E-state index in [1.54, 1.807) is 24.3 Å². The Morgan fingerprint density at radius 2 is 1.93 bits per heavy atom. The molecule has 8 heteroatoms. The van der Waals surface area contributed by atoms with Crippen molar-refractivity contribution in [2.75, 3.05) is 13.7 Å². The molecule has 1 atom stereocenters. The summed E-state index contributed by atoms with van der Waals surface area (Å²) in [5.74, 6) is -2.55. The van der Waals surface area contributed by atoms with Crippen LogP contribution in [-0.2, 0) is 11.3 Å². The smallest absolute Gasteiger partial charge is 0.387 e. The summed E-state index contributed by atoms with van der Waals surface area (Å²) >= 11 is 0. The minimum absolute atomic E-state index is 0.0117. The second-order valence-electron chi connectivity index (χ2n) is 6.02. The van der Waals surface area contributed by atoms with Crippen LogP contribution in [0.25, 0.3) is 0 Å². The second-order valence-corrected chi connectivity index (χ2v) is 6.02. The average Bonchev–Trinajstić information content (AvgIpc) is 2.65. The maximum absolute atomic E-state index is 12.9. The first kappa shape index (κ1) is 18.6. The van der Waals surface area contributed by atoms with Gasteiger partial charge in [0.15, 0.2) is 11.5 Å². The van der Waals surface area contributed by atoms with Crippen molar-refractivity contribution < 1.29 is 33.0 Å². The molecule has 3 rings (SSSR count). The summed E-state index contributed by atoms with van der Waals surface area (Å²) in [6, 6.07) is 11.0. The predicted molar refractivity (Wildman–Crippen MR) is 91.2 cm³/mol. The highest BCUT2D eigenvalue weighted by atomic mass is 19.3. The molecule has 0 radical (unpaired) electrons. The number of carbonyl (C=O) groups excluding carboxylic acids is 1. The quantitative estimate of drug-likeness (QED) is 0.867. The first-order valence-corrected chi connectivity index (χ1v) is 8.13. The van der Waals surface area contributed by atoms with E-state index in [0.29, 0.717) is 5.56 Å². The van der Waals surface area contributed by atoms with Gasteiger partial charge in [0.1, 0.15) is 0 Å². The molecule has 0 aromatic heterocycles. The molecule has 0 fully saturated rings. The number of carboxylic acids is 1. The van der Waals surface area contributed by atoms with Gasteiger partial charge < -0.3 is 19.5 Å². The molecule has 1 amide bonds. The largest absolute Gasteiger partial charge is 0.493 e. The van der Waals surface area contributed by atoms with Crippen molar-refractivity contribution in [2.45, 2.75) is 19.1 Å². The van der Waals surface area contributed by atoms with Crippen LogP contribution in [-0.4, -0.2) is 42.1 Å². The molecule has 142 valence electrons. The Kier molecular flexibility index (Phi) is 5.25. The van der Waals surface area contributed by atoms with Crippen molar-refractivity contribution in [1.29, 1.82) is 0 Å². The fourth-order valence-corrected chi connectivity index (χ4v) is 3.15. The average molecular weight is 377 g/mol. The summed E-state index contributed by atoms with van der Waals surface area (Å²) in [7, 11) is 1.30. The number of benzene rings is 2. The highest BCUT2D eigenvalue weighted by Crippen LogP contribution is 2.32. The number of ether oxygens (including phenoxy) is 2. The molecule has 27 heavy (non-hydrogen) atoms. The Balaban J connectivity index is 1.91. The van der Waals surface area contributed by atoms with Crippen LogP contribution in [0.15, 0.2) is 42.5 Å². The van der Waals surface area contributed by atoms with Crippen LogP contribution in [0.2, 0.25) is 0 Å². The molecule has 2 aromatic carbocycles. The van der Waals surface area contributed by atoms with Crippen molar-refractivity contribution in [1.82, 2.24) is 4.90 Å². The van der Waals surface area contributed by atoms with E-state index < -0.39 is 24.4 Å². The number of hydrogen-bond acceptors (Lipinski definition) is 4. The van der Waals surface area contributed by atoms with Gasteiger partial charge in [0.2, 0.25) is 0 Å². The van der Waals surface area contributed by atoms with Gasteiger partial charge in [-0.3, -0.25) is 9.59 Å². The van der Waals surface area contributed by atoms with Crippen LogP contribution >= 0.6 is 0 Å². The molecular formula is C19H17F2NO5. The van der Waals surface area contributed by atoms with Gasteiger partial charge >= 0.3 is 12.6 Å². The van der Waals surface area contributed by atoms with E-state index in [1.165, 1.54) is 30.2 Å². The molecule has 1 aliphatic rings. The molecule has 0 bridgehead atoms. The minimum atomic E-state index is -3.07. The number of amides is 1. The Morgan fingerprint density at radius 1 is 1.19 bits per heavy atom. The molecule has 1 aliphatic heterocycles. The van der Waals surface area contributed by atoms with Gasteiger partial charge in [-0.1, -0.05) is 24.3 Å². The third kappa shape index (κ3) is 3.84. The standard InChI is InChI=1S/C19H17F2NO5/c1-26-15-7-6-11(8-16(15)27-19(20)21)17(23)22-9-12-4-2-3-5-13(12)14(10-22)18(24)25/h2-8,14,19H,9-10H2,1H3,(H,24,25). The van der Waals surface area contributed by atoms with E-state index in [-0.39, 0.29) is 30.2 Å². The number of carbonyl (C=O) groups is 2. The third-order valence-corrected chi connectivity index (χ3v) is 4.41. The lowest BCUT2D eigenvalue weighted by Gasteiger charge is -2.33. The number of rotatable bonds is 5. The molecule has 0 spiro atoms. The number of aliphatic carboxylic acids is 1. The maximum Gasteiger partial charge on any atom is 0.387 e. The second kappa shape index (κ2) is 7.61. The molecular weight excluding hydrogens is 360 g/mol. The summed E-state index contributed by atoms with van der Waals surface area (Å²) in [4.78, 5) is 25.9. The van der Waals surface area contributed by atoms with Crippen molar-refractivity contribution >= 4 is 11.9 Å². The van der Waals surface area contributed by atoms with E-state index in [4.69, 9.17) is 4.74 Å². The molecule has 2 aromatic rings. The zero-order chi connectivity index (χ0) is 19.6. The molecule has 0 saturated carbocycles. The van der Waals surface area contributed by atoms with Crippen LogP contribution in [0, 0.1) is 0 Å². The van der Waals surface area contributed by atoms with Crippen molar-refractivity contribution in [3.05, 3.63) is 59.2 Å². The van der Waals surface area contributed by atoms with E-state index in [9.17, 15) is 23.5 Å². The zero-order valence-corrected chi connectivity index (χ0v) is 14.4. The van der Waals surface area contributed by atoms with E-state index >= 15 is 0 Å². The molecule has 1 unspecified atom stereocenters. The fourth-order valence-electron chi connectivity index (χ4n) is 3.15. The topological polar surface area (TPSA) is 76.1 Å². The van der Waals surface area contributed by atoms with Gasteiger partial charge in [0, 0.05) is 18.7 Å². The summed E-state index contributed by atoms with van der Waals surface area (Å²) in [5.41, 5.74) is 1.52. The van der Waals surface area contributed by atoms with E-state index in [0.717, 1.165) is 5.56 Å². The van der Waals surface area contributed by atoms with E-state index in [1.807, 2.05) is 0 Å². The molecule has 6 nitrogen and oxygen atoms in total. The van der Waals surface area contributed by atoms with Crippen LogP contribution in [0.4, 0.5) is 8.78 Å². The lowest BCUT2D eigenvalue weighted by Crippen LogP contribution is -2.40. The fraction of sp³-hybridized carbons (Fsp3) is 0.263. The van der Waals surface area contributed by atoms with Crippen molar-refractivity contribution in [3.63, 3.8) is 0 Å².